The van der Waals surface area contributed by atoms with Crippen LogP contribution in [0, 0.1) is 11.2 Å². The molecule has 2 aromatic carbocycles. The van der Waals surface area contributed by atoms with Crippen molar-refractivity contribution in [1.82, 2.24) is 9.97 Å². The molecule has 0 spiro atoms. The molecular formula is C21H25FN4O. The van der Waals surface area contributed by atoms with Crippen LogP contribution in [0.4, 0.5) is 16.0 Å². The molecule has 0 unspecified atom stereocenters. The van der Waals surface area contributed by atoms with Crippen LogP contribution < -0.4 is 11.1 Å². The topological polar surface area (TPSA) is 80.9 Å². The number of nitrogens with one attached hydrogen (secondary N) is 1. The first-order chi connectivity index (χ1) is 12.7. The van der Waals surface area contributed by atoms with Gasteiger partial charge in [-0.1, -0.05) is 40.7 Å². The van der Waals surface area contributed by atoms with Crippen molar-refractivity contribution in [3.63, 3.8) is 0 Å². The van der Waals surface area contributed by atoms with Crippen LogP contribution in [0.5, 0.6) is 0 Å². The number of carbonyl (C=O) groups excluding carboxylic acids is 1. The summed E-state index contributed by atoms with van der Waals surface area (Å²) in [5.41, 5.74) is 7.48. The average Bonchev–Trinajstić information content (AvgIpc) is 2.64. The summed E-state index contributed by atoms with van der Waals surface area (Å²) < 4.78 is 14.0. The molecule has 0 aliphatic carbocycles. The molecule has 3 aromatic rings. The van der Waals surface area contributed by atoms with Crippen molar-refractivity contribution in [1.29, 1.82) is 0 Å². The predicted molar refractivity (Wildman–Crippen MR) is 109 cm³/mol. The maximum absolute atomic E-state index is 14.0. The first-order valence-corrected chi connectivity index (χ1v) is 8.88. The lowest BCUT2D eigenvalue weighted by Gasteiger charge is -2.16. The van der Waals surface area contributed by atoms with E-state index in [2.05, 4.69) is 15.3 Å². The first kappa shape index (κ1) is 20.3. The highest BCUT2D eigenvalue weighted by Gasteiger charge is 2.22. The zero-order chi connectivity index (χ0) is 20.2. The molecule has 1 aromatic heterocycles. The minimum Gasteiger partial charge on any atom is -0.399 e. The Morgan fingerprint density at radius 3 is 2.48 bits per heavy atom. The van der Waals surface area contributed by atoms with Crippen LogP contribution in [-0.4, -0.2) is 15.9 Å². The lowest BCUT2D eigenvalue weighted by Crippen LogP contribution is -2.28. The van der Waals surface area contributed by atoms with E-state index < -0.39 is 5.41 Å². The molecule has 0 saturated carbocycles. The Balaban J connectivity index is 0.00000126. The molecule has 0 fully saturated rings. The smallest absolute Gasteiger partial charge is 0.232 e. The van der Waals surface area contributed by atoms with Gasteiger partial charge in [0.1, 0.15) is 5.82 Å². The number of nitrogen functional groups attached to an aromatic ring is 1. The molecule has 0 aliphatic rings. The molecule has 0 aliphatic heterocycles. The van der Waals surface area contributed by atoms with E-state index in [4.69, 9.17) is 5.73 Å². The van der Waals surface area contributed by atoms with Crippen LogP contribution in [0.25, 0.3) is 22.0 Å². The fourth-order valence-corrected chi connectivity index (χ4v) is 2.31. The SMILES string of the molecule is CC.CC(C)(C)C(=O)Nc1ncc2cc(-c3cc(N)ccc3F)ccc2n1. The Kier molecular flexibility index (Phi) is 6.10. The van der Waals surface area contributed by atoms with E-state index in [9.17, 15) is 9.18 Å². The summed E-state index contributed by atoms with van der Waals surface area (Å²) in [7, 11) is 0. The standard InChI is InChI=1S/C19H19FN4O.C2H6/c1-19(2,3)17(25)24-18-22-10-12-8-11(4-7-16(12)23-18)14-9-13(21)5-6-15(14)20;1-2/h4-10H,21H2,1-3H3,(H,22,23,24,25);1-2H3. The number of rotatable bonds is 2. The number of nitrogens with two attached hydrogens (primary N) is 1. The van der Waals surface area contributed by atoms with Gasteiger partial charge in [0.2, 0.25) is 11.9 Å². The van der Waals surface area contributed by atoms with Gasteiger partial charge in [0.25, 0.3) is 0 Å². The minimum atomic E-state index is -0.535. The maximum atomic E-state index is 14.0. The molecule has 0 radical (unpaired) electrons. The van der Waals surface area contributed by atoms with E-state index in [-0.39, 0.29) is 17.7 Å². The van der Waals surface area contributed by atoms with Crippen molar-refractivity contribution in [2.24, 2.45) is 5.41 Å². The highest BCUT2D eigenvalue weighted by molar-refractivity contribution is 5.94. The number of hydrogen-bond acceptors (Lipinski definition) is 4. The van der Waals surface area contributed by atoms with Crippen molar-refractivity contribution in [2.45, 2.75) is 34.6 Å². The molecule has 142 valence electrons. The Hall–Kier alpha value is -3.02. The Bertz CT molecular complexity index is 964. The Morgan fingerprint density at radius 2 is 1.81 bits per heavy atom. The van der Waals surface area contributed by atoms with Crippen LogP contribution in [0.2, 0.25) is 0 Å². The van der Waals surface area contributed by atoms with Crippen LogP contribution >= 0.6 is 0 Å². The zero-order valence-electron chi connectivity index (χ0n) is 16.3. The second kappa shape index (κ2) is 8.12. The number of halogens is 1. The summed E-state index contributed by atoms with van der Waals surface area (Å²) in [6.45, 7) is 9.45. The number of carbonyl (C=O) groups is 1. The molecule has 1 amide bonds. The van der Waals surface area contributed by atoms with E-state index >= 15 is 0 Å². The van der Waals surface area contributed by atoms with Gasteiger partial charge in [0.05, 0.1) is 5.52 Å². The van der Waals surface area contributed by atoms with Gasteiger partial charge in [-0.15, -0.1) is 0 Å². The molecule has 0 atom stereocenters. The number of anilines is 2. The van der Waals surface area contributed by atoms with Crippen molar-refractivity contribution >= 4 is 28.4 Å². The van der Waals surface area contributed by atoms with E-state index in [1.54, 1.807) is 30.5 Å². The lowest BCUT2D eigenvalue weighted by atomic mass is 9.96. The maximum Gasteiger partial charge on any atom is 0.232 e. The number of benzene rings is 2. The summed E-state index contributed by atoms with van der Waals surface area (Å²) in [5.74, 6) is -0.260. The summed E-state index contributed by atoms with van der Waals surface area (Å²) >= 11 is 0. The van der Waals surface area contributed by atoms with Gasteiger partial charge in [-0.25, -0.2) is 14.4 Å². The van der Waals surface area contributed by atoms with Crippen molar-refractivity contribution in [3.05, 3.63) is 48.4 Å². The third-order valence-corrected chi connectivity index (χ3v) is 3.79. The van der Waals surface area contributed by atoms with Crippen LogP contribution in [0.1, 0.15) is 34.6 Å². The van der Waals surface area contributed by atoms with Gasteiger partial charge in [0, 0.05) is 28.2 Å². The van der Waals surface area contributed by atoms with Gasteiger partial charge >= 0.3 is 0 Å². The third-order valence-electron chi connectivity index (χ3n) is 3.79. The van der Waals surface area contributed by atoms with Crippen LogP contribution in [-0.2, 0) is 4.79 Å². The molecular weight excluding hydrogens is 343 g/mol. The molecule has 0 bridgehead atoms. The molecule has 5 nitrogen and oxygen atoms in total. The Morgan fingerprint density at radius 1 is 1.11 bits per heavy atom. The fraction of sp³-hybridized carbons (Fsp3) is 0.286. The molecule has 3 rings (SSSR count). The van der Waals surface area contributed by atoms with E-state index in [1.807, 2.05) is 34.6 Å². The highest BCUT2D eigenvalue weighted by Crippen LogP contribution is 2.28. The van der Waals surface area contributed by atoms with Gasteiger partial charge in [-0.2, -0.15) is 0 Å². The number of aromatic nitrogens is 2. The summed E-state index contributed by atoms with van der Waals surface area (Å²) in [5, 5.41) is 3.44. The van der Waals surface area contributed by atoms with Gasteiger partial charge in [-0.05, 0) is 35.9 Å². The summed E-state index contributed by atoms with van der Waals surface area (Å²) in [6, 6.07) is 9.78. The monoisotopic (exact) mass is 368 g/mol. The zero-order valence-corrected chi connectivity index (χ0v) is 16.3. The van der Waals surface area contributed by atoms with Crippen LogP contribution in [0.15, 0.2) is 42.6 Å². The predicted octanol–water partition coefficient (Wildman–Crippen LogP) is 5.03. The molecule has 1 heterocycles. The van der Waals surface area contributed by atoms with Gasteiger partial charge < -0.3 is 5.73 Å². The lowest BCUT2D eigenvalue weighted by molar-refractivity contribution is -0.123. The largest absolute Gasteiger partial charge is 0.399 e. The fourth-order valence-electron chi connectivity index (χ4n) is 2.31. The summed E-state index contributed by atoms with van der Waals surface area (Å²) in [4.78, 5) is 20.5. The second-order valence-electron chi connectivity index (χ2n) is 6.91. The number of hydrogen-bond donors (Lipinski definition) is 2. The number of amides is 1. The van der Waals surface area contributed by atoms with Gasteiger partial charge in [0.15, 0.2) is 0 Å². The molecule has 6 heteroatoms. The van der Waals surface area contributed by atoms with E-state index in [0.717, 1.165) is 5.39 Å². The Labute approximate surface area is 158 Å². The number of nitrogens with zero attached hydrogens (tertiary/aromatic N) is 2. The average molecular weight is 368 g/mol. The molecule has 0 saturated heterocycles. The van der Waals surface area contributed by atoms with Gasteiger partial charge in [-0.3, -0.25) is 10.1 Å². The molecule has 3 N–H and O–H groups in total. The first-order valence-electron chi connectivity index (χ1n) is 8.88. The molecule has 27 heavy (non-hydrogen) atoms. The third kappa shape index (κ3) is 4.78. The minimum absolute atomic E-state index is 0.162. The second-order valence-corrected chi connectivity index (χ2v) is 6.91. The van der Waals surface area contributed by atoms with Crippen molar-refractivity contribution < 1.29 is 9.18 Å². The van der Waals surface area contributed by atoms with Crippen molar-refractivity contribution in [3.8, 4) is 11.1 Å². The van der Waals surface area contributed by atoms with Crippen LogP contribution in [0.3, 0.4) is 0 Å². The number of fused-ring (bicyclic) bond motifs is 1. The van der Waals surface area contributed by atoms with E-state index in [0.29, 0.717) is 22.3 Å². The summed E-state index contributed by atoms with van der Waals surface area (Å²) in [6.07, 6.45) is 1.61. The highest BCUT2D eigenvalue weighted by atomic mass is 19.1. The van der Waals surface area contributed by atoms with E-state index in [1.165, 1.54) is 12.1 Å². The quantitative estimate of drug-likeness (QED) is 0.622. The van der Waals surface area contributed by atoms with Crippen molar-refractivity contribution in [2.75, 3.05) is 11.1 Å². The normalized spacial score (nSPS) is 10.9.